The van der Waals surface area contributed by atoms with Gasteiger partial charge in [0.2, 0.25) is 0 Å². The summed E-state index contributed by atoms with van der Waals surface area (Å²) in [7, 11) is 1.75. The van der Waals surface area contributed by atoms with Crippen LogP contribution in [0.3, 0.4) is 0 Å². The van der Waals surface area contributed by atoms with Gasteiger partial charge in [-0.25, -0.2) is 0 Å². The molecule has 2 aliphatic rings. The van der Waals surface area contributed by atoms with Crippen LogP contribution in [0.4, 0.5) is 0 Å². The van der Waals surface area contributed by atoms with Crippen LogP contribution >= 0.6 is 0 Å². The van der Waals surface area contributed by atoms with Crippen LogP contribution in [-0.4, -0.2) is 18.1 Å². The molecule has 0 N–H and O–H groups in total. The lowest BCUT2D eigenvalue weighted by atomic mass is 9.66. The normalized spacial score (nSPS) is 25.5. The van der Waals surface area contributed by atoms with Gasteiger partial charge in [-0.05, 0) is 48.7 Å². The summed E-state index contributed by atoms with van der Waals surface area (Å²) in [5, 5.41) is 0. The van der Waals surface area contributed by atoms with E-state index < -0.39 is 0 Å². The number of fused-ring (bicyclic) bond motifs is 2. The summed E-state index contributed by atoms with van der Waals surface area (Å²) >= 11 is 0. The molecule has 1 aliphatic heterocycles. The van der Waals surface area contributed by atoms with Gasteiger partial charge in [0.15, 0.2) is 0 Å². The molecule has 1 heterocycles. The molecule has 1 aliphatic carbocycles. The van der Waals surface area contributed by atoms with Gasteiger partial charge < -0.3 is 9.64 Å². The summed E-state index contributed by atoms with van der Waals surface area (Å²) < 4.78 is 5.45. The standard InChI is InChI=1S/C22H25NO/c1-24-21-11-5-9-19(15-21)22-12-6-10-20(16-22)23(14-13-22)17-18-7-3-2-4-8-18/h2-5,7-9,11,13-15,20H,6,10,12,16-17H2,1H3/t20-,22+/m0/s1. The Morgan fingerprint density at radius 1 is 1.12 bits per heavy atom. The number of hydrogen-bond acceptors (Lipinski definition) is 2. The SMILES string of the molecule is COc1cccc([C@@]23C=CN(Cc4ccccc4)[C@@H](CCC2)C3)c1. The minimum Gasteiger partial charge on any atom is -0.497 e. The van der Waals surface area contributed by atoms with Crippen LogP contribution in [0.5, 0.6) is 5.75 Å². The molecule has 124 valence electrons. The topological polar surface area (TPSA) is 12.5 Å². The van der Waals surface area contributed by atoms with Gasteiger partial charge in [0, 0.05) is 18.0 Å². The fourth-order valence-corrected chi connectivity index (χ4v) is 4.34. The van der Waals surface area contributed by atoms with E-state index in [9.17, 15) is 0 Å². The third kappa shape index (κ3) is 2.82. The number of rotatable bonds is 4. The van der Waals surface area contributed by atoms with Crippen molar-refractivity contribution in [2.24, 2.45) is 0 Å². The maximum Gasteiger partial charge on any atom is 0.119 e. The second kappa shape index (κ2) is 6.35. The van der Waals surface area contributed by atoms with Crippen molar-refractivity contribution in [3.63, 3.8) is 0 Å². The van der Waals surface area contributed by atoms with Gasteiger partial charge in [-0.15, -0.1) is 0 Å². The van der Waals surface area contributed by atoms with Crippen molar-refractivity contribution in [3.05, 3.63) is 78.0 Å². The van der Waals surface area contributed by atoms with Gasteiger partial charge in [0.1, 0.15) is 5.75 Å². The first-order valence-electron chi connectivity index (χ1n) is 8.93. The molecule has 0 spiro atoms. The molecule has 2 aromatic carbocycles. The number of nitrogens with zero attached hydrogens (tertiary/aromatic N) is 1. The minimum absolute atomic E-state index is 0.185. The maximum atomic E-state index is 5.45. The molecule has 2 bridgehead atoms. The molecule has 1 saturated carbocycles. The fourth-order valence-electron chi connectivity index (χ4n) is 4.34. The molecule has 0 unspecified atom stereocenters. The van der Waals surface area contributed by atoms with E-state index in [0.717, 1.165) is 12.3 Å². The third-order valence-corrected chi connectivity index (χ3v) is 5.67. The highest BCUT2D eigenvalue weighted by Crippen LogP contribution is 2.46. The molecule has 2 nitrogen and oxygen atoms in total. The average molecular weight is 319 g/mol. The van der Waals surface area contributed by atoms with E-state index in [1.165, 1.54) is 36.8 Å². The quantitative estimate of drug-likeness (QED) is 0.794. The zero-order valence-electron chi connectivity index (χ0n) is 14.3. The Labute approximate surface area is 144 Å². The highest BCUT2D eigenvalue weighted by Gasteiger charge is 2.40. The van der Waals surface area contributed by atoms with Gasteiger partial charge in [0.05, 0.1) is 7.11 Å². The average Bonchev–Trinajstić information content (AvgIpc) is 2.65. The van der Waals surface area contributed by atoms with E-state index in [-0.39, 0.29) is 5.41 Å². The Balaban J connectivity index is 1.61. The molecule has 0 radical (unpaired) electrons. The summed E-state index contributed by atoms with van der Waals surface area (Å²) in [5.74, 6) is 0.962. The number of ether oxygens (including phenoxy) is 1. The highest BCUT2D eigenvalue weighted by molar-refractivity contribution is 5.39. The van der Waals surface area contributed by atoms with Crippen LogP contribution in [-0.2, 0) is 12.0 Å². The van der Waals surface area contributed by atoms with E-state index >= 15 is 0 Å². The van der Waals surface area contributed by atoms with E-state index in [0.29, 0.717) is 6.04 Å². The predicted molar refractivity (Wildman–Crippen MR) is 98.1 cm³/mol. The lowest BCUT2D eigenvalue weighted by Gasteiger charge is -2.47. The summed E-state index contributed by atoms with van der Waals surface area (Å²) in [5.41, 5.74) is 2.98. The van der Waals surface area contributed by atoms with Crippen molar-refractivity contribution in [1.82, 2.24) is 4.90 Å². The largest absolute Gasteiger partial charge is 0.497 e. The Bertz CT molecular complexity index is 724. The third-order valence-electron chi connectivity index (χ3n) is 5.67. The van der Waals surface area contributed by atoms with E-state index in [4.69, 9.17) is 4.74 Å². The minimum atomic E-state index is 0.185. The Morgan fingerprint density at radius 2 is 2.00 bits per heavy atom. The lowest BCUT2D eigenvalue weighted by Crippen LogP contribution is -2.45. The van der Waals surface area contributed by atoms with E-state index in [2.05, 4.69) is 65.7 Å². The monoisotopic (exact) mass is 319 g/mol. The zero-order valence-corrected chi connectivity index (χ0v) is 14.3. The van der Waals surface area contributed by atoms with Crippen LogP contribution < -0.4 is 4.74 Å². The Hall–Kier alpha value is -2.22. The van der Waals surface area contributed by atoms with Gasteiger partial charge in [-0.1, -0.05) is 55.0 Å². The molecular weight excluding hydrogens is 294 g/mol. The fraction of sp³-hybridized carbons (Fsp3) is 0.364. The summed E-state index contributed by atoms with van der Waals surface area (Å²) in [6.45, 7) is 1.01. The summed E-state index contributed by atoms with van der Waals surface area (Å²) in [6, 6.07) is 20.1. The van der Waals surface area contributed by atoms with Crippen LogP contribution in [0, 0.1) is 0 Å². The Kier molecular flexibility index (Phi) is 4.05. The molecule has 2 heteroatoms. The van der Waals surface area contributed by atoms with Crippen LogP contribution in [0.1, 0.15) is 36.8 Å². The van der Waals surface area contributed by atoms with Crippen LogP contribution in [0.25, 0.3) is 0 Å². The molecular formula is C22H25NO. The molecule has 2 atom stereocenters. The van der Waals surface area contributed by atoms with Gasteiger partial charge in [0.25, 0.3) is 0 Å². The van der Waals surface area contributed by atoms with E-state index in [1.807, 2.05) is 6.07 Å². The number of allylic oxidation sites excluding steroid dienone is 1. The van der Waals surface area contributed by atoms with Crippen molar-refractivity contribution < 1.29 is 4.74 Å². The smallest absolute Gasteiger partial charge is 0.119 e. The van der Waals surface area contributed by atoms with Crippen LogP contribution in [0.15, 0.2) is 66.9 Å². The summed E-state index contributed by atoms with van der Waals surface area (Å²) in [4.78, 5) is 2.53. The highest BCUT2D eigenvalue weighted by atomic mass is 16.5. The number of methoxy groups -OCH3 is 1. The molecule has 4 rings (SSSR count). The molecule has 2 aromatic rings. The predicted octanol–water partition coefficient (Wildman–Crippen LogP) is 4.91. The van der Waals surface area contributed by atoms with E-state index in [1.54, 1.807) is 7.11 Å². The van der Waals surface area contributed by atoms with Gasteiger partial charge in [-0.2, -0.15) is 0 Å². The lowest BCUT2D eigenvalue weighted by molar-refractivity contribution is 0.149. The second-order valence-corrected chi connectivity index (χ2v) is 7.11. The van der Waals surface area contributed by atoms with Crippen LogP contribution in [0.2, 0.25) is 0 Å². The molecule has 1 fully saturated rings. The first-order valence-corrected chi connectivity index (χ1v) is 8.93. The maximum absolute atomic E-state index is 5.45. The van der Waals surface area contributed by atoms with Gasteiger partial charge in [-0.3, -0.25) is 0 Å². The summed E-state index contributed by atoms with van der Waals surface area (Å²) in [6.07, 6.45) is 9.83. The number of benzene rings is 2. The second-order valence-electron chi connectivity index (χ2n) is 7.11. The number of hydrogen-bond donors (Lipinski definition) is 0. The molecule has 0 saturated heterocycles. The van der Waals surface area contributed by atoms with Gasteiger partial charge >= 0.3 is 0 Å². The van der Waals surface area contributed by atoms with Crippen molar-refractivity contribution >= 4 is 0 Å². The first kappa shape index (κ1) is 15.3. The van der Waals surface area contributed by atoms with Crippen molar-refractivity contribution in [3.8, 4) is 5.75 Å². The molecule has 0 amide bonds. The molecule has 24 heavy (non-hydrogen) atoms. The zero-order chi connectivity index (χ0) is 16.4. The van der Waals surface area contributed by atoms with Crippen molar-refractivity contribution in [2.45, 2.75) is 43.7 Å². The van der Waals surface area contributed by atoms with Crippen molar-refractivity contribution in [2.75, 3.05) is 7.11 Å². The molecule has 0 aromatic heterocycles. The van der Waals surface area contributed by atoms with Crippen molar-refractivity contribution in [1.29, 1.82) is 0 Å². The Morgan fingerprint density at radius 3 is 2.83 bits per heavy atom. The first-order chi connectivity index (χ1) is 11.8.